The van der Waals surface area contributed by atoms with E-state index in [0.717, 1.165) is 73.4 Å². The van der Waals surface area contributed by atoms with Gasteiger partial charge in [0.15, 0.2) is 5.65 Å². The van der Waals surface area contributed by atoms with Crippen molar-refractivity contribution in [1.82, 2.24) is 24.3 Å². The normalized spacial score (nSPS) is 16.0. The Kier molecular flexibility index (Phi) is 12.5. The van der Waals surface area contributed by atoms with Gasteiger partial charge in [-0.25, -0.2) is 9.97 Å². The molecule has 0 radical (unpaired) electrons. The van der Waals surface area contributed by atoms with E-state index < -0.39 is 0 Å². The van der Waals surface area contributed by atoms with Gasteiger partial charge >= 0.3 is 0 Å². The summed E-state index contributed by atoms with van der Waals surface area (Å²) in [7, 11) is 1.69. The number of nitrogens with zero attached hydrogens (tertiary/aromatic N) is 5. The van der Waals surface area contributed by atoms with E-state index in [-0.39, 0.29) is 7.43 Å². The Morgan fingerprint density at radius 2 is 1.69 bits per heavy atom. The first-order chi connectivity index (χ1) is 18.6. The molecule has 1 aromatic carbocycles. The molecule has 3 heterocycles. The van der Waals surface area contributed by atoms with Gasteiger partial charge in [-0.1, -0.05) is 40.5 Å². The number of likely N-dealkylation sites (tertiary alicyclic amines) is 1. The van der Waals surface area contributed by atoms with Crippen molar-refractivity contribution in [1.29, 1.82) is 0 Å². The Morgan fingerprint density at radius 3 is 2.36 bits per heavy atom. The highest BCUT2D eigenvalue weighted by Gasteiger charge is 2.19. The molecule has 4 rings (SSSR count). The molecule has 7 heteroatoms. The Labute approximate surface area is 237 Å². The molecule has 1 unspecified atom stereocenters. The third-order valence-corrected chi connectivity index (χ3v) is 7.81. The summed E-state index contributed by atoms with van der Waals surface area (Å²) in [6, 6.07) is 13.0. The fourth-order valence-electron chi connectivity index (χ4n) is 5.42. The molecule has 7 nitrogen and oxygen atoms in total. The van der Waals surface area contributed by atoms with E-state index in [1.54, 1.807) is 7.11 Å². The highest BCUT2D eigenvalue weighted by molar-refractivity contribution is 5.76. The molecule has 1 aliphatic heterocycles. The van der Waals surface area contributed by atoms with Crippen LogP contribution in [-0.2, 0) is 13.1 Å². The molecule has 1 N–H and O–H groups in total. The number of imidazole rings is 1. The zero-order valence-electron chi connectivity index (χ0n) is 24.1. The van der Waals surface area contributed by atoms with Gasteiger partial charge < -0.3 is 15.0 Å². The molecule has 1 fully saturated rings. The zero-order valence-corrected chi connectivity index (χ0v) is 24.1. The Hall–Kier alpha value is -2.64. The second kappa shape index (κ2) is 15.8. The number of aryl methyl sites for hydroxylation is 1. The molecule has 216 valence electrons. The van der Waals surface area contributed by atoms with Crippen molar-refractivity contribution < 1.29 is 4.74 Å². The molecular weight excluding hydrogens is 484 g/mol. The van der Waals surface area contributed by atoms with Gasteiger partial charge in [-0.3, -0.25) is 9.47 Å². The summed E-state index contributed by atoms with van der Waals surface area (Å²) in [5, 5.41) is 3.56. The molecule has 2 aromatic heterocycles. The number of anilines is 2. The fraction of sp³-hybridized carbons (Fsp3) is 0.625. The lowest BCUT2D eigenvalue weighted by Crippen LogP contribution is -2.38. The molecule has 1 atom stereocenters. The maximum atomic E-state index is 5.34. The number of fused-ring (bicyclic) bond motifs is 1. The topological polar surface area (TPSA) is 58.5 Å². The Balaban J connectivity index is 0.00000420. The van der Waals surface area contributed by atoms with Crippen LogP contribution in [0.3, 0.4) is 0 Å². The lowest BCUT2D eigenvalue weighted by atomic mass is 10.0. The maximum absolute atomic E-state index is 5.34. The lowest BCUT2D eigenvalue weighted by Gasteiger charge is -2.33. The highest BCUT2D eigenvalue weighted by Crippen LogP contribution is 2.25. The largest absolute Gasteiger partial charge is 0.497 e. The van der Waals surface area contributed by atoms with Gasteiger partial charge in [0, 0.05) is 31.4 Å². The van der Waals surface area contributed by atoms with E-state index in [1.165, 1.54) is 51.5 Å². The molecule has 0 bridgehead atoms. The number of hydrogen-bond donors (Lipinski definition) is 1. The smallest absolute Gasteiger partial charge is 0.209 e. The van der Waals surface area contributed by atoms with E-state index in [1.807, 2.05) is 24.3 Å². The van der Waals surface area contributed by atoms with E-state index in [4.69, 9.17) is 14.7 Å². The highest BCUT2D eigenvalue weighted by atomic mass is 16.5. The lowest BCUT2D eigenvalue weighted by molar-refractivity contribution is 0.157. The summed E-state index contributed by atoms with van der Waals surface area (Å²) in [5.41, 5.74) is 4.06. The van der Waals surface area contributed by atoms with Crippen LogP contribution in [0.4, 0.5) is 11.6 Å². The van der Waals surface area contributed by atoms with E-state index in [9.17, 15) is 0 Å². The Bertz CT molecular complexity index is 1100. The number of hydrogen-bond acceptors (Lipinski definition) is 6. The van der Waals surface area contributed by atoms with Crippen LogP contribution in [0.5, 0.6) is 5.75 Å². The first kappa shape index (κ1) is 30.9. The standard InChI is InChI=1S/C31H48N6O.CH4/c1-5-7-19-35(20-8-6-2)24-27-15-18-29-30(32-27)37(23-11-22-36-21-10-9-12-25(36)3)31(34-29)33-26-13-16-28(38-4)17-14-26;/h13-18,25H,5-12,19-24H2,1-4H3,(H,33,34);1H4. The predicted molar refractivity (Wildman–Crippen MR) is 165 cm³/mol. The number of piperidine rings is 1. The molecule has 39 heavy (non-hydrogen) atoms. The van der Waals surface area contributed by atoms with Gasteiger partial charge in [0.05, 0.1) is 12.8 Å². The molecule has 3 aromatic rings. The fourth-order valence-corrected chi connectivity index (χ4v) is 5.42. The van der Waals surface area contributed by atoms with Gasteiger partial charge in [0.1, 0.15) is 11.3 Å². The number of aromatic nitrogens is 3. The minimum Gasteiger partial charge on any atom is -0.497 e. The number of pyridine rings is 1. The first-order valence-electron chi connectivity index (χ1n) is 14.8. The van der Waals surface area contributed by atoms with Crippen LogP contribution in [0.2, 0.25) is 0 Å². The Morgan fingerprint density at radius 1 is 0.949 bits per heavy atom. The molecule has 0 aliphatic carbocycles. The molecule has 0 saturated carbocycles. The van der Waals surface area contributed by atoms with Crippen LogP contribution in [0.1, 0.15) is 85.3 Å². The third-order valence-electron chi connectivity index (χ3n) is 7.81. The SMILES string of the molecule is C.CCCCN(CCCC)Cc1ccc2nc(Nc3ccc(OC)cc3)n(CCCN3CCCCC3C)c2n1. The molecule has 0 amide bonds. The minimum atomic E-state index is 0. The van der Waals surface area contributed by atoms with Gasteiger partial charge in [-0.15, -0.1) is 0 Å². The number of rotatable bonds is 15. The maximum Gasteiger partial charge on any atom is 0.209 e. The van der Waals surface area contributed by atoms with Crippen molar-refractivity contribution in [3.05, 3.63) is 42.1 Å². The van der Waals surface area contributed by atoms with E-state index in [0.29, 0.717) is 6.04 Å². The van der Waals surface area contributed by atoms with Gasteiger partial charge in [0.25, 0.3) is 0 Å². The van der Waals surface area contributed by atoms with Gasteiger partial charge in [-0.2, -0.15) is 0 Å². The monoisotopic (exact) mass is 536 g/mol. The molecular formula is C32H52N6O. The quantitative estimate of drug-likeness (QED) is 0.217. The molecule has 0 spiro atoms. The summed E-state index contributed by atoms with van der Waals surface area (Å²) < 4.78 is 7.63. The van der Waals surface area contributed by atoms with Crippen molar-refractivity contribution in [3.63, 3.8) is 0 Å². The minimum absolute atomic E-state index is 0. The van der Waals surface area contributed by atoms with Crippen LogP contribution in [0.25, 0.3) is 11.2 Å². The first-order valence-corrected chi connectivity index (χ1v) is 14.8. The predicted octanol–water partition coefficient (Wildman–Crippen LogP) is 7.49. The summed E-state index contributed by atoms with van der Waals surface area (Å²) in [5.74, 6) is 1.71. The van der Waals surface area contributed by atoms with Crippen LogP contribution in [0, 0.1) is 0 Å². The van der Waals surface area contributed by atoms with Crippen LogP contribution in [-0.4, -0.2) is 63.7 Å². The van der Waals surface area contributed by atoms with Crippen LogP contribution < -0.4 is 10.1 Å². The van der Waals surface area contributed by atoms with Crippen molar-refractivity contribution in [2.75, 3.05) is 38.6 Å². The third kappa shape index (κ3) is 8.67. The summed E-state index contributed by atoms with van der Waals surface area (Å²) in [4.78, 5) is 15.4. The van der Waals surface area contributed by atoms with Crippen molar-refractivity contribution in [3.8, 4) is 5.75 Å². The van der Waals surface area contributed by atoms with Crippen molar-refractivity contribution in [2.45, 2.75) is 98.7 Å². The zero-order chi connectivity index (χ0) is 26.7. The number of benzene rings is 1. The number of unbranched alkanes of at least 4 members (excludes halogenated alkanes) is 2. The van der Waals surface area contributed by atoms with Crippen LogP contribution in [0.15, 0.2) is 36.4 Å². The van der Waals surface area contributed by atoms with Crippen LogP contribution >= 0.6 is 0 Å². The van der Waals surface area contributed by atoms with E-state index >= 15 is 0 Å². The second-order valence-corrected chi connectivity index (χ2v) is 10.8. The summed E-state index contributed by atoms with van der Waals surface area (Å²) >= 11 is 0. The second-order valence-electron chi connectivity index (χ2n) is 10.8. The number of ether oxygens (including phenoxy) is 1. The van der Waals surface area contributed by atoms with Gasteiger partial charge in [0.2, 0.25) is 5.95 Å². The summed E-state index contributed by atoms with van der Waals surface area (Å²) in [6.07, 6.45) is 9.98. The van der Waals surface area contributed by atoms with Crippen molar-refractivity contribution >= 4 is 22.8 Å². The van der Waals surface area contributed by atoms with Gasteiger partial charge in [-0.05, 0) is 95.1 Å². The average molecular weight is 537 g/mol. The number of methoxy groups -OCH3 is 1. The molecule has 1 aliphatic rings. The van der Waals surface area contributed by atoms with E-state index in [2.05, 4.69) is 52.6 Å². The van der Waals surface area contributed by atoms with Crippen molar-refractivity contribution in [2.24, 2.45) is 0 Å². The average Bonchev–Trinajstić information content (AvgIpc) is 3.27. The summed E-state index contributed by atoms with van der Waals surface area (Å²) in [6.45, 7) is 13.3. The molecule has 1 saturated heterocycles. The number of nitrogens with one attached hydrogen (secondary N) is 1.